The van der Waals surface area contributed by atoms with Crippen LogP contribution in [0.3, 0.4) is 0 Å². The third-order valence-electron chi connectivity index (χ3n) is 5.90. The molecule has 0 radical (unpaired) electrons. The molecule has 33 heavy (non-hydrogen) atoms. The highest BCUT2D eigenvalue weighted by atomic mass is 16.4. The van der Waals surface area contributed by atoms with Crippen molar-refractivity contribution < 1.29 is 13.6 Å². The van der Waals surface area contributed by atoms with Gasteiger partial charge in [-0.05, 0) is 31.2 Å². The fourth-order valence-corrected chi connectivity index (χ4v) is 4.23. The third kappa shape index (κ3) is 3.57. The van der Waals surface area contributed by atoms with Crippen LogP contribution < -0.4 is 10.6 Å². The highest BCUT2D eigenvalue weighted by Gasteiger charge is 2.27. The maximum absolute atomic E-state index is 13.0. The first-order valence-electron chi connectivity index (χ1n) is 10.8. The molecule has 0 bridgehead atoms. The lowest BCUT2D eigenvalue weighted by Gasteiger charge is -2.34. The van der Waals surface area contributed by atoms with Crippen molar-refractivity contribution in [1.82, 2.24) is 19.0 Å². The van der Waals surface area contributed by atoms with Crippen LogP contribution in [0.2, 0.25) is 0 Å². The molecule has 3 aromatic heterocycles. The fraction of sp³-hybridized carbons (Fsp3) is 0.304. The van der Waals surface area contributed by atoms with Crippen molar-refractivity contribution in [2.45, 2.75) is 20.0 Å². The van der Waals surface area contributed by atoms with Gasteiger partial charge in [-0.1, -0.05) is 12.1 Å². The van der Waals surface area contributed by atoms with Crippen LogP contribution in [0.5, 0.6) is 0 Å². The summed E-state index contributed by atoms with van der Waals surface area (Å²) in [5.41, 5.74) is 1.57. The Labute approximate surface area is 188 Å². The summed E-state index contributed by atoms with van der Waals surface area (Å²) in [5.74, 6) is 0.948. The lowest BCUT2D eigenvalue weighted by atomic mass is 10.3. The fourth-order valence-electron chi connectivity index (χ4n) is 4.23. The minimum atomic E-state index is -0.184. The third-order valence-corrected chi connectivity index (χ3v) is 5.90. The Balaban J connectivity index is 1.30. The zero-order chi connectivity index (χ0) is 22.9. The van der Waals surface area contributed by atoms with E-state index in [1.165, 1.54) is 10.8 Å². The van der Waals surface area contributed by atoms with Gasteiger partial charge in [-0.2, -0.15) is 10.2 Å². The van der Waals surface area contributed by atoms with Gasteiger partial charge in [0.05, 0.1) is 17.3 Å². The monoisotopic (exact) mass is 446 g/mol. The highest BCUT2D eigenvalue weighted by Crippen LogP contribution is 2.29. The maximum Gasteiger partial charge on any atom is 0.329 e. The van der Waals surface area contributed by atoms with Crippen LogP contribution >= 0.6 is 0 Å². The van der Waals surface area contributed by atoms with Gasteiger partial charge in [-0.3, -0.25) is 13.9 Å². The lowest BCUT2D eigenvalue weighted by molar-refractivity contribution is -0.132. The molecule has 1 aliphatic heterocycles. The molecule has 1 fully saturated rings. The second kappa shape index (κ2) is 8.35. The van der Waals surface area contributed by atoms with Crippen LogP contribution in [0.1, 0.15) is 12.6 Å². The summed E-state index contributed by atoms with van der Waals surface area (Å²) < 4.78 is 14.3. The van der Waals surface area contributed by atoms with Gasteiger partial charge in [-0.25, -0.2) is 4.79 Å². The van der Waals surface area contributed by atoms with Gasteiger partial charge in [-0.15, -0.1) is 0 Å². The van der Waals surface area contributed by atoms with Crippen molar-refractivity contribution in [2.75, 3.05) is 31.1 Å². The summed E-state index contributed by atoms with van der Waals surface area (Å²) in [6.45, 7) is 4.30. The number of carbonyl (C=O) groups excluding carboxylic acids is 1. The zero-order valence-electron chi connectivity index (χ0n) is 18.1. The minimum absolute atomic E-state index is 0.0132. The molecule has 0 saturated carbocycles. The number of amides is 1. The van der Waals surface area contributed by atoms with E-state index in [4.69, 9.17) is 8.83 Å². The SMILES string of the molecule is CCn1c(=O)n(CC(=O)N2CCN(c3oc(-c4ccco4)nc3C#N)CC2)c2ccccc21. The number of anilines is 1. The van der Waals surface area contributed by atoms with E-state index in [0.29, 0.717) is 44.4 Å². The largest absolute Gasteiger partial charge is 0.459 e. The Morgan fingerprint density at radius 3 is 2.45 bits per heavy atom. The Kier molecular flexibility index (Phi) is 5.22. The number of carbonyl (C=O) groups is 1. The van der Waals surface area contributed by atoms with Crippen LogP contribution in [0.4, 0.5) is 5.88 Å². The second-order valence-electron chi connectivity index (χ2n) is 7.73. The molecule has 0 atom stereocenters. The van der Waals surface area contributed by atoms with Crippen LogP contribution in [-0.4, -0.2) is 51.1 Å². The molecule has 4 aromatic rings. The number of nitrogens with zero attached hydrogens (tertiary/aromatic N) is 6. The van der Waals surface area contributed by atoms with Crippen molar-refractivity contribution in [3.63, 3.8) is 0 Å². The zero-order valence-corrected chi connectivity index (χ0v) is 18.1. The summed E-state index contributed by atoms with van der Waals surface area (Å²) in [6, 6.07) is 13.0. The first-order chi connectivity index (χ1) is 16.1. The molecule has 0 unspecified atom stereocenters. The van der Waals surface area contributed by atoms with Crippen molar-refractivity contribution >= 4 is 22.8 Å². The number of furan rings is 1. The van der Waals surface area contributed by atoms with E-state index in [1.807, 2.05) is 36.1 Å². The summed E-state index contributed by atoms with van der Waals surface area (Å²) in [4.78, 5) is 33.7. The van der Waals surface area contributed by atoms with Gasteiger partial charge in [0.25, 0.3) is 5.89 Å². The number of hydrogen-bond donors (Lipinski definition) is 0. The number of fused-ring (bicyclic) bond motifs is 1. The molecule has 1 aliphatic rings. The Bertz CT molecular complexity index is 1400. The van der Waals surface area contributed by atoms with E-state index in [1.54, 1.807) is 21.6 Å². The van der Waals surface area contributed by atoms with Crippen LogP contribution in [0, 0.1) is 11.3 Å². The van der Waals surface area contributed by atoms with E-state index in [-0.39, 0.29) is 29.7 Å². The number of piperazine rings is 1. The summed E-state index contributed by atoms with van der Waals surface area (Å²) in [5, 5.41) is 9.47. The number of nitriles is 1. The molecule has 5 rings (SSSR count). The molecule has 10 heteroatoms. The predicted molar refractivity (Wildman–Crippen MR) is 120 cm³/mol. The second-order valence-corrected chi connectivity index (χ2v) is 7.73. The lowest BCUT2D eigenvalue weighted by Crippen LogP contribution is -2.50. The maximum atomic E-state index is 13.0. The average molecular weight is 446 g/mol. The number of hydrogen-bond acceptors (Lipinski definition) is 7. The number of benzene rings is 1. The summed E-state index contributed by atoms with van der Waals surface area (Å²) >= 11 is 0. The summed E-state index contributed by atoms with van der Waals surface area (Å²) in [7, 11) is 0. The van der Waals surface area contributed by atoms with Crippen molar-refractivity contribution in [1.29, 1.82) is 5.26 Å². The van der Waals surface area contributed by atoms with E-state index in [0.717, 1.165) is 11.0 Å². The number of rotatable bonds is 5. The molecular weight excluding hydrogens is 424 g/mol. The van der Waals surface area contributed by atoms with E-state index in [9.17, 15) is 14.9 Å². The number of oxazole rings is 1. The van der Waals surface area contributed by atoms with Crippen LogP contribution in [0.25, 0.3) is 22.7 Å². The minimum Gasteiger partial charge on any atom is -0.459 e. The average Bonchev–Trinajstić information content (AvgIpc) is 3.58. The molecule has 0 aliphatic carbocycles. The Morgan fingerprint density at radius 2 is 1.82 bits per heavy atom. The van der Waals surface area contributed by atoms with Gasteiger partial charge in [0.1, 0.15) is 12.6 Å². The molecular formula is C23H22N6O4. The number of para-hydroxylation sites is 2. The molecule has 4 heterocycles. The smallest absolute Gasteiger partial charge is 0.329 e. The highest BCUT2D eigenvalue weighted by molar-refractivity contribution is 5.81. The number of aryl methyl sites for hydroxylation is 1. The van der Waals surface area contributed by atoms with Crippen LogP contribution in [0.15, 0.2) is 56.3 Å². The Hall–Kier alpha value is -4.26. The van der Waals surface area contributed by atoms with Gasteiger partial charge >= 0.3 is 5.69 Å². The molecule has 168 valence electrons. The predicted octanol–water partition coefficient (Wildman–Crippen LogP) is 2.29. The van der Waals surface area contributed by atoms with E-state index in [2.05, 4.69) is 11.1 Å². The van der Waals surface area contributed by atoms with Crippen molar-refractivity contribution in [3.05, 3.63) is 58.8 Å². The van der Waals surface area contributed by atoms with Gasteiger partial charge in [0.15, 0.2) is 5.76 Å². The van der Waals surface area contributed by atoms with Gasteiger partial charge in [0, 0.05) is 32.7 Å². The summed E-state index contributed by atoms with van der Waals surface area (Å²) in [6.07, 6.45) is 1.51. The Morgan fingerprint density at radius 1 is 1.09 bits per heavy atom. The molecule has 0 spiro atoms. The first-order valence-corrected chi connectivity index (χ1v) is 10.8. The van der Waals surface area contributed by atoms with Gasteiger partial charge < -0.3 is 18.6 Å². The topological polar surface area (TPSA) is 113 Å². The van der Waals surface area contributed by atoms with E-state index >= 15 is 0 Å². The van der Waals surface area contributed by atoms with Crippen molar-refractivity contribution in [3.8, 4) is 17.7 Å². The molecule has 1 aromatic carbocycles. The molecule has 1 amide bonds. The first kappa shape index (κ1) is 20.6. The molecule has 10 nitrogen and oxygen atoms in total. The number of imidazole rings is 1. The normalized spacial score (nSPS) is 14.1. The standard InChI is InChI=1S/C23H22N6O4/c1-2-28-17-6-3-4-7-18(17)29(23(28)31)15-20(30)26-9-11-27(12-10-26)22-16(14-24)25-21(33-22)19-8-5-13-32-19/h3-8,13H,2,9-12,15H2,1H3. The van der Waals surface area contributed by atoms with Crippen LogP contribution in [-0.2, 0) is 17.9 Å². The molecule has 0 N–H and O–H groups in total. The quantitative estimate of drug-likeness (QED) is 0.462. The van der Waals surface area contributed by atoms with Crippen molar-refractivity contribution in [2.24, 2.45) is 0 Å². The van der Waals surface area contributed by atoms with Gasteiger partial charge in [0.2, 0.25) is 17.5 Å². The molecule has 1 saturated heterocycles. The number of aromatic nitrogens is 3. The van der Waals surface area contributed by atoms with E-state index < -0.39 is 0 Å².